The number of carbonyl (C=O) groups is 1. The van der Waals surface area contributed by atoms with Crippen LogP contribution in [0.3, 0.4) is 0 Å². The second kappa shape index (κ2) is 7.84. The van der Waals surface area contributed by atoms with Gasteiger partial charge in [0, 0.05) is 12.7 Å². The van der Waals surface area contributed by atoms with Crippen LogP contribution in [-0.2, 0) is 0 Å². The van der Waals surface area contributed by atoms with Gasteiger partial charge in [-0.2, -0.15) is 0 Å². The van der Waals surface area contributed by atoms with Crippen LogP contribution in [-0.4, -0.2) is 37.7 Å². The molecule has 1 atom stereocenters. The van der Waals surface area contributed by atoms with E-state index in [1.807, 2.05) is 30.3 Å². The molecule has 0 spiro atoms. The van der Waals surface area contributed by atoms with Gasteiger partial charge in [-0.15, -0.1) is 0 Å². The fourth-order valence-corrected chi connectivity index (χ4v) is 3.39. The molecule has 2 heterocycles. The van der Waals surface area contributed by atoms with Crippen molar-refractivity contribution < 1.29 is 15.0 Å². The van der Waals surface area contributed by atoms with Crippen molar-refractivity contribution in [1.29, 1.82) is 0 Å². The van der Waals surface area contributed by atoms with E-state index < -0.39 is 12.1 Å². The highest BCUT2D eigenvalue weighted by atomic mass is 16.4. The summed E-state index contributed by atoms with van der Waals surface area (Å²) in [5.41, 5.74) is 3.14. The Morgan fingerprint density at radius 1 is 1.20 bits per heavy atom. The standard InChI is InChI=1S/C22H20N4O4/c1-12-9-14(22(29)30)10-16-19(12)26-20(25-16)18-15(7-8-23-21(18)28)24-11-17(27)13-5-3-2-4-6-13/h2-10,17,27H,11H2,1H3,(H,25,26)(H,29,30)(H2,23,24,28)/t17-/m1/s1. The summed E-state index contributed by atoms with van der Waals surface area (Å²) in [6.07, 6.45) is 0.758. The van der Waals surface area contributed by atoms with Crippen LogP contribution in [0.1, 0.15) is 27.6 Å². The van der Waals surface area contributed by atoms with Gasteiger partial charge in [0.1, 0.15) is 11.4 Å². The number of aromatic carboxylic acids is 1. The molecule has 5 N–H and O–H groups in total. The SMILES string of the molecule is Cc1cc(C(=O)O)cc2[nH]c(-c3c(NC[C@@H](O)c4ccccc4)cc[nH]c3=O)nc12. The summed E-state index contributed by atoms with van der Waals surface area (Å²) in [4.78, 5) is 34.1. The molecule has 30 heavy (non-hydrogen) atoms. The lowest BCUT2D eigenvalue weighted by Gasteiger charge is -2.14. The first-order chi connectivity index (χ1) is 14.4. The molecule has 4 rings (SSSR count). The number of pyridine rings is 1. The van der Waals surface area contributed by atoms with E-state index in [2.05, 4.69) is 20.3 Å². The maximum absolute atomic E-state index is 12.6. The molecular weight excluding hydrogens is 384 g/mol. The van der Waals surface area contributed by atoms with Crippen LogP contribution >= 0.6 is 0 Å². The smallest absolute Gasteiger partial charge is 0.335 e. The monoisotopic (exact) mass is 404 g/mol. The third kappa shape index (κ3) is 3.68. The number of fused-ring (bicyclic) bond motifs is 1. The van der Waals surface area contributed by atoms with E-state index in [1.165, 1.54) is 12.3 Å². The number of aryl methyl sites for hydroxylation is 1. The lowest BCUT2D eigenvalue weighted by atomic mass is 10.1. The molecular formula is C22H20N4O4. The lowest BCUT2D eigenvalue weighted by molar-refractivity contribution is 0.0697. The zero-order valence-corrected chi connectivity index (χ0v) is 16.1. The van der Waals surface area contributed by atoms with Crippen LogP contribution in [0.4, 0.5) is 5.69 Å². The molecule has 152 valence electrons. The van der Waals surface area contributed by atoms with Gasteiger partial charge in [-0.3, -0.25) is 4.79 Å². The van der Waals surface area contributed by atoms with Gasteiger partial charge in [-0.05, 0) is 36.2 Å². The zero-order valence-electron chi connectivity index (χ0n) is 16.1. The highest BCUT2D eigenvalue weighted by molar-refractivity contribution is 5.94. The number of carboxylic acids is 1. The minimum absolute atomic E-state index is 0.140. The van der Waals surface area contributed by atoms with Gasteiger partial charge in [-0.1, -0.05) is 30.3 Å². The average Bonchev–Trinajstić information content (AvgIpc) is 3.17. The Kier molecular flexibility index (Phi) is 5.07. The van der Waals surface area contributed by atoms with E-state index in [0.29, 0.717) is 28.1 Å². The molecule has 0 aliphatic rings. The van der Waals surface area contributed by atoms with E-state index in [9.17, 15) is 19.8 Å². The molecule has 0 unspecified atom stereocenters. The molecule has 0 radical (unpaired) electrons. The molecule has 0 fully saturated rings. The summed E-state index contributed by atoms with van der Waals surface area (Å²) in [7, 11) is 0. The molecule has 8 heteroatoms. The maximum Gasteiger partial charge on any atom is 0.335 e. The molecule has 0 saturated carbocycles. The quantitative estimate of drug-likeness (QED) is 0.336. The Balaban J connectivity index is 1.70. The zero-order chi connectivity index (χ0) is 21.3. The summed E-state index contributed by atoms with van der Waals surface area (Å²) in [6, 6.07) is 13.9. The molecule has 8 nitrogen and oxygen atoms in total. The second-order valence-electron chi connectivity index (χ2n) is 6.98. The molecule has 2 aromatic carbocycles. The second-order valence-corrected chi connectivity index (χ2v) is 6.98. The minimum atomic E-state index is -1.04. The van der Waals surface area contributed by atoms with Crippen LogP contribution in [0, 0.1) is 6.92 Å². The van der Waals surface area contributed by atoms with E-state index in [1.54, 1.807) is 19.1 Å². The van der Waals surface area contributed by atoms with E-state index >= 15 is 0 Å². The largest absolute Gasteiger partial charge is 0.478 e. The van der Waals surface area contributed by atoms with Gasteiger partial charge >= 0.3 is 5.97 Å². The summed E-state index contributed by atoms with van der Waals surface area (Å²) in [5, 5.41) is 22.8. The van der Waals surface area contributed by atoms with Crippen molar-refractivity contribution in [3.8, 4) is 11.4 Å². The average molecular weight is 404 g/mol. The molecule has 0 bridgehead atoms. The number of aliphatic hydroxyl groups is 1. The van der Waals surface area contributed by atoms with Crippen molar-refractivity contribution >= 4 is 22.7 Å². The van der Waals surface area contributed by atoms with Crippen LogP contribution in [0.15, 0.2) is 59.5 Å². The number of nitrogens with zero attached hydrogens (tertiary/aromatic N) is 1. The predicted octanol–water partition coefficient (Wildman–Crippen LogP) is 3.07. The minimum Gasteiger partial charge on any atom is -0.478 e. The number of benzene rings is 2. The van der Waals surface area contributed by atoms with Crippen molar-refractivity contribution in [2.24, 2.45) is 0 Å². The molecule has 0 aliphatic heterocycles. The Bertz CT molecular complexity index is 1280. The first-order valence-corrected chi connectivity index (χ1v) is 9.36. The van der Waals surface area contributed by atoms with E-state index in [0.717, 1.165) is 5.56 Å². The number of H-pyrrole nitrogens is 2. The number of aliphatic hydroxyl groups excluding tert-OH is 1. The maximum atomic E-state index is 12.6. The molecule has 0 aliphatic carbocycles. The summed E-state index contributed by atoms with van der Waals surface area (Å²) in [5.74, 6) is -0.722. The lowest BCUT2D eigenvalue weighted by Crippen LogP contribution is -2.17. The Labute approximate surface area is 171 Å². The van der Waals surface area contributed by atoms with E-state index in [4.69, 9.17) is 0 Å². The van der Waals surface area contributed by atoms with E-state index in [-0.39, 0.29) is 23.2 Å². The number of rotatable bonds is 6. The number of hydrogen-bond acceptors (Lipinski definition) is 5. The number of anilines is 1. The highest BCUT2D eigenvalue weighted by Gasteiger charge is 2.17. The Morgan fingerprint density at radius 3 is 2.70 bits per heavy atom. The van der Waals surface area contributed by atoms with Crippen LogP contribution in [0.5, 0.6) is 0 Å². The van der Waals surface area contributed by atoms with Gasteiger partial charge in [0.15, 0.2) is 0 Å². The number of nitrogens with one attached hydrogen (secondary N) is 3. The number of imidazole rings is 1. The Morgan fingerprint density at radius 2 is 1.97 bits per heavy atom. The third-order valence-electron chi connectivity index (χ3n) is 4.89. The fourth-order valence-electron chi connectivity index (χ4n) is 3.39. The molecule has 2 aromatic heterocycles. The van der Waals surface area contributed by atoms with Crippen molar-refractivity contribution in [3.63, 3.8) is 0 Å². The number of aromatic amines is 2. The van der Waals surface area contributed by atoms with Crippen LogP contribution in [0.25, 0.3) is 22.4 Å². The number of aromatic nitrogens is 3. The van der Waals surface area contributed by atoms with Gasteiger partial charge in [0.25, 0.3) is 5.56 Å². The van der Waals surface area contributed by atoms with Gasteiger partial charge in [0.05, 0.1) is 28.4 Å². The fraction of sp³-hybridized carbons (Fsp3) is 0.136. The Hall–Kier alpha value is -3.91. The molecule has 4 aromatic rings. The first kappa shape index (κ1) is 19.4. The molecule has 0 amide bonds. The van der Waals surface area contributed by atoms with Gasteiger partial charge in [-0.25, -0.2) is 9.78 Å². The predicted molar refractivity (Wildman–Crippen MR) is 114 cm³/mol. The highest BCUT2D eigenvalue weighted by Crippen LogP contribution is 2.27. The first-order valence-electron chi connectivity index (χ1n) is 9.36. The van der Waals surface area contributed by atoms with Crippen molar-refractivity contribution in [2.45, 2.75) is 13.0 Å². The number of carboxylic acid groups (broad SMARTS) is 1. The van der Waals surface area contributed by atoms with Gasteiger partial charge in [0.2, 0.25) is 0 Å². The van der Waals surface area contributed by atoms with Crippen molar-refractivity contribution in [3.05, 3.63) is 81.8 Å². The molecule has 0 saturated heterocycles. The summed E-state index contributed by atoms with van der Waals surface area (Å²) >= 11 is 0. The van der Waals surface area contributed by atoms with Gasteiger partial charge < -0.3 is 25.5 Å². The van der Waals surface area contributed by atoms with Crippen LogP contribution < -0.4 is 10.9 Å². The topological polar surface area (TPSA) is 131 Å². The normalized spacial score (nSPS) is 12.1. The number of hydrogen-bond donors (Lipinski definition) is 5. The van der Waals surface area contributed by atoms with Crippen molar-refractivity contribution in [1.82, 2.24) is 15.0 Å². The third-order valence-corrected chi connectivity index (χ3v) is 4.89. The van der Waals surface area contributed by atoms with Crippen LogP contribution in [0.2, 0.25) is 0 Å². The summed E-state index contributed by atoms with van der Waals surface area (Å²) < 4.78 is 0. The summed E-state index contributed by atoms with van der Waals surface area (Å²) in [6.45, 7) is 1.97. The van der Waals surface area contributed by atoms with Crippen molar-refractivity contribution in [2.75, 3.05) is 11.9 Å².